The number of hydrogen-bond donors (Lipinski definition) is 1. The Morgan fingerprint density at radius 2 is 1.76 bits per heavy atom. The highest BCUT2D eigenvalue weighted by Gasteiger charge is 2.22. The first-order valence-corrected chi connectivity index (χ1v) is 7.45. The molecule has 0 spiro atoms. The van der Waals surface area contributed by atoms with Gasteiger partial charge in [-0.15, -0.1) is 0 Å². The standard InChI is InChI=1S/C18H27NO2/c1-17(2,3)15-9-13(20-7)8-14-12(11-21-16(14)15)10-19-18(4,5)6/h8-9,11,19H,10H2,1-7H3. The van der Waals surface area contributed by atoms with Crippen LogP contribution in [0.3, 0.4) is 0 Å². The van der Waals surface area contributed by atoms with Crippen molar-refractivity contribution in [2.24, 2.45) is 0 Å². The average molecular weight is 289 g/mol. The maximum Gasteiger partial charge on any atom is 0.138 e. The van der Waals surface area contributed by atoms with Crippen molar-refractivity contribution in [3.8, 4) is 5.75 Å². The van der Waals surface area contributed by atoms with Crippen LogP contribution in [-0.2, 0) is 12.0 Å². The molecule has 116 valence electrons. The van der Waals surface area contributed by atoms with Crippen molar-refractivity contribution in [1.29, 1.82) is 0 Å². The van der Waals surface area contributed by atoms with Gasteiger partial charge in [-0.3, -0.25) is 0 Å². The zero-order valence-corrected chi connectivity index (χ0v) is 14.3. The highest BCUT2D eigenvalue weighted by Crippen LogP contribution is 2.36. The Hall–Kier alpha value is -1.48. The van der Waals surface area contributed by atoms with Gasteiger partial charge < -0.3 is 14.5 Å². The molecule has 1 heterocycles. The second kappa shape index (κ2) is 5.38. The molecule has 0 aliphatic heterocycles. The minimum absolute atomic E-state index is 0.0133. The molecule has 0 fully saturated rings. The minimum atomic E-state index is 0.0133. The molecule has 1 aromatic heterocycles. The molecule has 0 bridgehead atoms. The SMILES string of the molecule is COc1cc(C(C)(C)C)c2occ(CNC(C)(C)C)c2c1. The van der Waals surface area contributed by atoms with Crippen molar-refractivity contribution in [1.82, 2.24) is 5.32 Å². The summed E-state index contributed by atoms with van der Waals surface area (Å²) in [5.41, 5.74) is 3.41. The van der Waals surface area contributed by atoms with Gasteiger partial charge in [0.2, 0.25) is 0 Å². The Balaban J connectivity index is 2.51. The first-order valence-electron chi connectivity index (χ1n) is 7.45. The first kappa shape index (κ1) is 15.9. The number of benzene rings is 1. The molecule has 0 atom stereocenters. The van der Waals surface area contributed by atoms with E-state index in [9.17, 15) is 0 Å². The molecule has 1 aromatic carbocycles. The summed E-state index contributed by atoms with van der Waals surface area (Å²) in [7, 11) is 1.71. The molecule has 0 aliphatic rings. The lowest BCUT2D eigenvalue weighted by Crippen LogP contribution is -2.34. The van der Waals surface area contributed by atoms with Gasteiger partial charge in [-0.2, -0.15) is 0 Å². The summed E-state index contributed by atoms with van der Waals surface area (Å²) in [4.78, 5) is 0. The molecule has 2 aromatic rings. The summed E-state index contributed by atoms with van der Waals surface area (Å²) in [5.74, 6) is 0.880. The van der Waals surface area contributed by atoms with Crippen LogP contribution in [-0.4, -0.2) is 12.6 Å². The van der Waals surface area contributed by atoms with Crippen LogP contribution in [0.15, 0.2) is 22.8 Å². The smallest absolute Gasteiger partial charge is 0.138 e. The summed E-state index contributed by atoms with van der Waals surface area (Å²) < 4.78 is 11.3. The third-order valence-corrected chi connectivity index (χ3v) is 3.58. The molecule has 3 nitrogen and oxygen atoms in total. The van der Waals surface area contributed by atoms with E-state index >= 15 is 0 Å². The molecule has 1 N–H and O–H groups in total. The van der Waals surface area contributed by atoms with Crippen LogP contribution in [0.1, 0.15) is 52.7 Å². The predicted molar refractivity (Wildman–Crippen MR) is 88.1 cm³/mol. The van der Waals surface area contributed by atoms with Crippen molar-refractivity contribution >= 4 is 11.0 Å². The molecular formula is C18H27NO2. The first-order chi connectivity index (χ1) is 9.62. The number of nitrogens with one attached hydrogen (secondary N) is 1. The van der Waals surface area contributed by atoms with Crippen LogP contribution in [0.5, 0.6) is 5.75 Å². The maximum atomic E-state index is 5.88. The maximum absolute atomic E-state index is 5.88. The number of hydrogen-bond acceptors (Lipinski definition) is 3. The average Bonchev–Trinajstić information content (AvgIpc) is 2.76. The normalized spacial score (nSPS) is 12.9. The molecule has 0 amide bonds. The number of furan rings is 1. The number of rotatable bonds is 3. The van der Waals surface area contributed by atoms with E-state index in [4.69, 9.17) is 9.15 Å². The highest BCUT2D eigenvalue weighted by atomic mass is 16.5. The van der Waals surface area contributed by atoms with Gasteiger partial charge in [0.15, 0.2) is 0 Å². The van der Waals surface area contributed by atoms with Crippen LogP contribution in [0.4, 0.5) is 0 Å². The zero-order valence-electron chi connectivity index (χ0n) is 14.3. The summed E-state index contributed by atoms with van der Waals surface area (Å²) in [6.45, 7) is 13.8. The van der Waals surface area contributed by atoms with Crippen LogP contribution in [0.25, 0.3) is 11.0 Å². The third-order valence-electron chi connectivity index (χ3n) is 3.58. The lowest BCUT2D eigenvalue weighted by atomic mass is 9.85. The zero-order chi connectivity index (χ0) is 15.8. The Morgan fingerprint density at radius 3 is 2.29 bits per heavy atom. The van der Waals surface area contributed by atoms with Gasteiger partial charge in [-0.25, -0.2) is 0 Å². The van der Waals surface area contributed by atoms with Gasteiger partial charge >= 0.3 is 0 Å². The minimum Gasteiger partial charge on any atom is -0.497 e. The topological polar surface area (TPSA) is 34.4 Å². The van der Waals surface area contributed by atoms with Crippen molar-refractivity contribution in [3.63, 3.8) is 0 Å². The largest absolute Gasteiger partial charge is 0.497 e. The molecule has 21 heavy (non-hydrogen) atoms. The summed E-state index contributed by atoms with van der Waals surface area (Å²) in [6.07, 6.45) is 1.86. The Morgan fingerprint density at radius 1 is 1.10 bits per heavy atom. The van der Waals surface area contributed by atoms with Crippen LogP contribution < -0.4 is 10.1 Å². The molecule has 0 aliphatic carbocycles. The Bertz CT molecular complexity index is 627. The monoisotopic (exact) mass is 289 g/mol. The van der Waals surface area contributed by atoms with Crippen LogP contribution in [0.2, 0.25) is 0 Å². The molecule has 2 rings (SSSR count). The van der Waals surface area contributed by atoms with Crippen LogP contribution >= 0.6 is 0 Å². The highest BCUT2D eigenvalue weighted by molar-refractivity contribution is 5.86. The molecule has 0 saturated heterocycles. The van der Waals surface area contributed by atoms with Gasteiger partial charge in [0.25, 0.3) is 0 Å². The summed E-state index contributed by atoms with van der Waals surface area (Å²) in [5, 5.41) is 4.65. The van der Waals surface area contributed by atoms with Gasteiger partial charge in [-0.1, -0.05) is 20.8 Å². The number of methoxy groups -OCH3 is 1. The molecular weight excluding hydrogens is 262 g/mol. The van der Waals surface area contributed by atoms with Crippen molar-refractivity contribution in [2.75, 3.05) is 7.11 Å². The number of ether oxygens (including phenoxy) is 1. The summed E-state index contributed by atoms with van der Waals surface area (Å²) >= 11 is 0. The van der Waals surface area contributed by atoms with E-state index < -0.39 is 0 Å². The van der Waals surface area contributed by atoms with Gasteiger partial charge in [-0.05, 0) is 38.3 Å². The fraction of sp³-hybridized carbons (Fsp3) is 0.556. The van der Waals surface area contributed by atoms with E-state index in [1.54, 1.807) is 7.11 Å². The quantitative estimate of drug-likeness (QED) is 0.894. The van der Waals surface area contributed by atoms with Crippen molar-refractivity contribution in [3.05, 3.63) is 29.5 Å². The van der Waals surface area contributed by atoms with E-state index in [0.29, 0.717) is 0 Å². The van der Waals surface area contributed by atoms with E-state index in [2.05, 4.69) is 59.0 Å². The Labute approximate surface area is 127 Å². The fourth-order valence-corrected chi connectivity index (χ4v) is 2.33. The predicted octanol–water partition coefficient (Wildman–Crippen LogP) is 4.63. The molecule has 0 radical (unpaired) electrons. The van der Waals surface area contributed by atoms with Gasteiger partial charge in [0.1, 0.15) is 11.3 Å². The van der Waals surface area contributed by atoms with E-state index in [0.717, 1.165) is 23.3 Å². The van der Waals surface area contributed by atoms with Crippen molar-refractivity contribution < 1.29 is 9.15 Å². The molecule has 3 heteroatoms. The second-order valence-electron chi connectivity index (χ2n) is 7.67. The molecule has 0 saturated carbocycles. The molecule has 0 unspecified atom stereocenters. The lowest BCUT2D eigenvalue weighted by Gasteiger charge is -2.21. The van der Waals surface area contributed by atoms with E-state index in [-0.39, 0.29) is 11.0 Å². The van der Waals surface area contributed by atoms with Crippen molar-refractivity contribution in [2.45, 2.75) is 59.0 Å². The summed E-state index contributed by atoms with van der Waals surface area (Å²) in [6, 6.07) is 4.14. The van der Waals surface area contributed by atoms with Crippen LogP contribution in [0, 0.1) is 0 Å². The van der Waals surface area contributed by atoms with Gasteiger partial charge in [0, 0.05) is 28.6 Å². The fourth-order valence-electron chi connectivity index (χ4n) is 2.33. The lowest BCUT2D eigenvalue weighted by molar-refractivity contribution is 0.413. The van der Waals surface area contributed by atoms with Gasteiger partial charge in [0.05, 0.1) is 13.4 Å². The number of fused-ring (bicyclic) bond motifs is 1. The Kier molecular flexibility index (Phi) is 4.07. The van der Waals surface area contributed by atoms with E-state index in [1.807, 2.05) is 6.26 Å². The van der Waals surface area contributed by atoms with E-state index in [1.165, 1.54) is 11.1 Å². The third kappa shape index (κ3) is 3.59. The second-order valence-corrected chi connectivity index (χ2v) is 7.67.